The lowest BCUT2D eigenvalue weighted by Crippen LogP contribution is -2.48. The Morgan fingerprint density at radius 3 is 2.51 bits per heavy atom. The summed E-state index contributed by atoms with van der Waals surface area (Å²) in [5.74, 6) is 0.787. The molecule has 39 heavy (non-hydrogen) atoms. The number of carboxylic acid groups (broad SMARTS) is 1. The van der Waals surface area contributed by atoms with E-state index in [2.05, 4.69) is 11.9 Å². The molecule has 0 bridgehead atoms. The Labute approximate surface area is 232 Å². The summed E-state index contributed by atoms with van der Waals surface area (Å²) in [4.78, 5) is 30.4. The van der Waals surface area contributed by atoms with Crippen LogP contribution in [0, 0.1) is 6.92 Å². The molecule has 1 amide bonds. The maximum Gasteiger partial charge on any atom is 0.326 e. The van der Waals surface area contributed by atoms with Crippen molar-refractivity contribution in [2.45, 2.75) is 85.9 Å². The number of nitrogens with zero attached hydrogens (tertiary/aromatic N) is 2. The average molecular weight is 538 g/mol. The molecule has 8 heteroatoms. The summed E-state index contributed by atoms with van der Waals surface area (Å²) in [6.07, 6.45) is 10.3. The van der Waals surface area contributed by atoms with Crippen molar-refractivity contribution in [2.24, 2.45) is 5.73 Å². The van der Waals surface area contributed by atoms with Gasteiger partial charge in [0.1, 0.15) is 17.6 Å². The number of rotatable bonds is 9. The second-order valence-electron chi connectivity index (χ2n) is 10.5. The number of hydrogen-bond donors (Lipinski definition) is 2. The third kappa shape index (κ3) is 9.87. The Bertz CT molecular complexity index is 1210. The topological polar surface area (TPSA) is 119 Å². The van der Waals surface area contributed by atoms with Gasteiger partial charge in [-0.25, -0.2) is 9.78 Å². The number of ether oxygens (including phenoxy) is 1. The second kappa shape index (κ2) is 14.5. The molecular weight excluding hydrogens is 494 g/mol. The minimum Gasteiger partial charge on any atom is -0.493 e. The van der Waals surface area contributed by atoms with E-state index in [0.29, 0.717) is 24.7 Å². The standard InChI is InChI=1S/C27H32N2O5.C4H11N/c1-5-8-9-10-25(30)29-17-21-15-22(12-11-20(21)16-24(29)27(31)32)33-14-13-23-18(4)34-26(28-23)19(6-2)7-3;1-4(2,3)5/h5-6,8-12,15,24H,7,13-14,16-17H2,1-4H3,(H,31,32);5H2,1-3H3/b8-5+,10-9+,19-6+;/t24-;/m0./s1. The molecule has 1 aliphatic rings. The van der Waals surface area contributed by atoms with Crippen molar-refractivity contribution >= 4 is 17.4 Å². The number of aromatic nitrogens is 1. The molecule has 0 saturated heterocycles. The highest BCUT2D eigenvalue weighted by Gasteiger charge is 2.33. The van der Waals surface area contributed by atoms with Gasteiger partial charge in [0, 0.05) is 36.6 Å². The van der Waals surface area contributed by atoms with Gasteiger partial charge in [-0.2, -0.15) is 0 Å². The SMILES string of the molecule is C/C=C/C=C/C(=O)N1Cc2cc(OCCc3nc(/C(=C/C)CC)oc3C)ccc2C[C@H]1C(=O)O.CC(C)(C)N. The van der Waals surface area contributed by atoms with Gasteiger partial charge >= 0.3 is 5.97 Å². The van der Waals surface area contributed by atoms with Gasteiger partial charge in [-0.15, -0.1) is 0 Å². The number of fused-ring (bicyclic) bond motifs is 1. The molecule has 0 unspecified atom stereocenters. The fraction of sp³-hybridized carbons (Fsp3) is 0.452. The van der Waals surface area contributed by atoms with Gasteiger partial charge in [-0.3, -0.25) is 4.79 Å². The predicted molar refractivity (Wildman–Crippen MR) is 154 cm³/mol. The van der Waals surface area contributed by atoms with Crippen LogP contribution in [-0.4, -0.2) is 45.1 Å². The van der Waals surface area contributed by atoms with Crippen LogP contribution in [0.3, 0.4) is 0 Å². The first-order valence-corrected chi connectivity index (χ1v) is 13.4. The molecule has 212 valence electrons. The maximum absolute atomic E-state index is 12.6. The van der Waals surface area contributed by atoms with Gasteiger partial charge in [0.2, 0.25) is 11.8 Å². The fourth-order valence-corrected chi connectivity index (χ4v) is 3.99. The molecule has 0 fully saturated rings. The van der Waals surface area contributed by atoms with Crippen molar-refractivity contribution in [3.8, 4) is 5.75 Å². The van der Waals surface area contributed by atoms with Crippen molar-refractivity contribution in [1.82, 2.24) is 9.88 Å². The van der Waals surface area contributed by atoms with E-state index in [0.717, 1.165) is 34.6 Å². The van der Waals surface area contributed by atoms with E-state index in [-0.39, 0.29) is 24.4 Å². The minimum atomic E-state index is -1.01. The number of nitrogens with two attached hydrogens (primary N) is 1. The largest absolute Gasteiger partial charge is 0.493 e. The third-order valence-electron chi connectivity index (χ3n) is 5.92. The van der Waals surface area contributed by atoms with Crippen molar-refractivity contribution in [3.63, 3.8) is 0 Å². The van der Waals surface area contributed by atoms with Crippen LogP contribution in [-0.2, 0) is 29.0 Å². The number of carboxylic acids is 1. The molecule has 0 radical (unpaired) electrons. The first-order chi connectivity index (χ1) is 18.4. The molecule has 3 N–H and O–H groups in total. The number of amides is 1. The lowest BCUT2D eigenvalue weighted by molar-refractivity contribution is -0.149. The van der Waals surface area contributed by atoms with E-state index < -0.39 is 12.0 Å². The summed E-state index contributed by atoms with van der Waals surface area (Å²) in [5.41, 5.74) is 9.10. The van der Waals surface area contributed by atoms with E-state index in [9.17, 15) is 14.7 Å². The van der Waals surface area contributed by atoms with E-state index in [1.165, 1.54) is 11.0 Å². The highest BCUT2D eigenvalue weighted by Crippen LogP contribution is 2.28. The molecule has 1 aliphatic heterocycles. The highest BCUT2D eigenvalue weighted by molar-refractivity contribution is 5.92. The van der Waals surface area contributed by atoms with Crippen LogP contribution in [0.4, 0.5) is 0 Å². The number of aryl methyl sites for hydroxylation is 1. The first-order valence-electron chi connectivity index (χ1n) is 13.4. The number of hydrogen-bond acceptors (Lipinski definition) is 6. The number of carbonyl (C=O) groups excluding carboxylic acids is 1. The van der Waals surface area contributed by atoms with Gasteiger partial charge in [-0.1, -0.05) is 37.3 Å². The second-order valence-corrected chi connectivity index (χ2v) is 10.5. The number of oxazole rings is 1. The summed E-state index contributed by atoms with van der Waals surface area (Å²) < 4.78 is 11.8. The van der Waals surface area contributed by atoms with Gasteiger partial charge in [0.05, 0.1) is 12.3 Å². The summed E-state index contributed by atoms with van der Waals surface area (Å²) in [7, 11) is 0. The summed E-state index contributed by atoms with van der Waals surface area (Å²) in [6, 6.07) is 4.73. The molecule has 1 atom stereocenters. The van der Waals surface area contributed by atoms with E-state index in [1.807, 2.05) is 65.8 Å². The number of allylic oxidation sites excluding steroid dienone is 5. The van der Waals surface area contributed by atoms with E-state index >= 15 is 0 Å². The molecule has 0 saturated carbocycles. The Morgan fingerprint density at radius 1 is 1.23 bits per heavy atom. The zero-order valence-electron chi connectivity index (χ0n) is 24.3. The number of benzene rings is 1. The quantitative estimate of drug-likeness (QED) is 0.314. The normalized spacial score (nSPS) is 15.7. The number of carbonyl (C=O) groups is 2. The molecule has 3 rings (SSSR count). The van der Waals surface area contributed by atoms with Crippen molar-refractivity contribution in [2.75, 3.05) is 6.61 Å². The first kappa shape index (κ1) is 31.6. The van der Waals surface area contributed by atoms with Gasteiger partial charge in [0.15, 0.2) is 0 Å². The van der Waals surface area contributed by atoms with Crippen LogP contribution >= 0.6 is 0 Å². The van der Waals surface area contributed by atoms with Crippen molar-refractivity contribution < 1.29 is 23.8 Å². The Balaban J connectivity index is 0.000000976. The lowest BCUT2D eigenvalue weighted by Gasteiger charge is -2.34. The minimum absolute atomic E-state index is 0. The average Bonchev–Trinajstić information content (AvgIpc) is 3.22. The summed E-state index contributed by atoms with van der Waals surface area (Å²) in [6.45, 7) is 14.3. The summed E-state index contributed by atoms with van der Waals surface area (Å²) in [5, 5.41) is 9.65. The predicted octanol–water partition coefficient (Wildman–Crippen LogP) is 5.63. The zero-order valence-corrected chi connectivity index (χ0v) is 24.3. The fourth-order valence-electron chi connectivity index (χ4n) is 3.99. The third-order valence-corrected chi connectivity index (χ3v) is 5.92. The van der Waals surface area contributed by atoms with Crippen LogP contribution in [0.1, 0.15) is 76.4 Å². The molecule has 8 nitrogen and oxygen atoms in total. The lowest BCUT2D eigenvalue weighted by atomic mass is 9.93. The molecule has 1 aromatic heterocycles. The van der Waals surface area contributed by atoms with E-state index in [4.69, 9.17) is 14.9 Å². The highest BCUT2D eigenvalue weighted by atomic mass is 16.5. The van der Waals surface area contributed by atoms with Crippen molar-refractivity contribution in [1.29, 1.82) is 0 Å². The van der Waals surface area contributed by atoms with E-state index in [1.54, 1.807) is 18.2 Å². The molecule has 0 spiro atoms. The monoisotopic (exact) mass is 537 g/mol. The number of aliphatic carboxylic acids is 1. The van der Waals surface area contributed by atoms with Crippen molar-refractivity contribution in [3.05, 3.63) is 77.1 Å². The molecular formula is C31H43N3O5. The van der Waals surface area contributed by atoms with Crippen LogP contribution in [0.2, 0.25) is 0 Å². The Kier molecular flexibility index (Phi) is 11.7. The maximum atomic E-state index is 12.6. The molecule has 1 aromatic carbocycles. The van der Waals surface area contributed by atoms with Gasteiger partial charge in [0.25, 0.3) is 0 Å². The molecule has 2 heterocycles. The van der Waals surface area contributed by atoms with Gasteiger partial charge in [-0.05, 0) is 71.2 Å². The van der Waals surface area contributed by atoms with Crippen LogP contribution in [0.25, 0.3) is 5.57 Å². The van der Waals surface area contributed by atoms with Crippen LogP contribution in [0.5, 0.6) is 5.75 Å². The smallest absolute Gasteiger partial charge is 0.326 e. The summed E-state index contributed by atoms with van der Waals surface area (Å²) >= 11 is 0. The molecule has 0 aliphatic carbocycles. The zero-order chi connectivity index (χ0) is 29.2. The van der Waals surface area contributed by atoms with Crippen LogP contribution < -0.4 is 10.5 Å². The molecule has 2 aromatic rings. The Hall–Kier alpha value is -3.65. The van der Waals surface area contributed by atoms with Crippen LogP contribution in [0.15, 0.2) is 53.0 Å². The Morgan fingerprint density at radius 2 is 1.92 bits per heavy atom. The van der Waals surface area contributed by atoms with Gasteiger partial charge < -0.3 is 24.9 Å².